The van der Waals surface area contributed by atoms with E-state index in [2.05, 4.69) is 5.10 Å². The van der Waals surface area contributed by atoms with Crippen molar-refractivity contribution in [2.45, 2.75) is 26.4 Å². The molecule has 0 radical (unpaired) electrons. The number of carbonyl (C=O) groups is 1. The fourth-order valence-corrected chi connectivity index (χ4v) is 1.30. The van der Waals surface area contributed by atoms with Crippen LogP contribution < -0.4 is 0 Å². The summed E-state index contributed by atoms with van der Waals surface area (Å²) in [5.74, 6) is 0.0971. The highest BCUT2D eigenvalue weighted by molar-refractivity contribution is 5.83. The topological polar surface area (TPSA) is 44.1 Å². The average Bonchev–Trinajstić information content (AvgIpc) is 2.60. The van der Waals surface area contributed by atoms with Crippen molar-refractivity contribution in [1.29, 1.82) is 0 Å². The first-order chi connectivity index (χ1) is 6.69. The van der Waals surface area contributed by atoms with Gasteiger partial charge in [0.15, 0.2) is 5.78 Å². The van der Waals surface area contributed by atoms with Gasteiger partial charge in [-0.25, -0.2) is 0 Å². The Labute approximate surface area is 83.9 Å². The molecule has 0 aliphatic heterocycles. The minimum Gasteiger partial charge on any atom is -0.366 e. The molecule has 0 N–H and O–H groups in total. The van der Waals surface area contributed by atoms with Gasteiger partial charge in [0.1, 0.15) is 6.10 Å². The summed E-state index contributed by atoms with van der Waals surface area (Å²) in [6.45, 7) is 4.25. The minimum absolute atomic E-state index is 0.0971. The Balaban J connectivity index is 2.82. The van der Waals surface area contributed by atoms with E-state index in [0.29, 0.717) is 13.0 Å². The van der Waals surface area contributed by atoms with E-state index in [-0.39, 0.29) is 5.78 Å². The molecule has 1 unspecified atom stereocenters. The van der Waals surface area contributed by atoms with Gasteiger partial charge in [-0.05, 0) is 6.92 Å². The van der Waals surface area contributed by atoms with Crippen LogP contribution in [0.3, 0.4) is 0 Å². The molecule has 0 aliphatic rings. The van der Waals surface area contributed by atoms with E-state index >= 15 is 0 Å². The molecular weight excluding hydrogens is 180 g/mol. The lowest BCUT2D eigenvalue weighted by Gasteiger charge is -2.12. The maximum absolute atomic E-state index is 11.5. The van der Waals surface area contributed by atoms with Crippen LogP contribution in [0.4, 0.5) is 0 Å². The van der Waals surface area contributed by atoms with Gasteiger partial charge in [-0.1, -0.05) is 6.92 Å². The van der Waals surface area contributed by atoms with Crippen molar-refractivity contribution in [3.63, 3.8) is 0 Å². The van der Waals surface area contributed by atoms with Crippen molar-refractivity contribution in [3.8, 4) is 0 Å². The summed E-state index contributed by atoms with van der Waals surface area (Å²) in [6, 6.07) is 0. The molecule has 0 amide bonds. The molecule has 1 aromatic rings. The summed E-state index contributed by atoms with van der Waals surface area (Å²) >= 11 is 0. The molecule has 1 heterocycles. The number of rotatable bonds is 5. The van der Waals surface area contributed by atoms with Crippen LogP contribution in [0.25, 0.3) is 0 Å². The molecule has 0 saturated carbocycles. The summed E-state index contributed by atoms with van der Waals surface area (Å²) in [5.41, 5.74) is 0.834. The van der Waals surface area contributed by atoms with E-state index in [1.54, 1.807) is 10.9 Å². The van der Waals surface area contributed by atoms with Crippen molar-refractivity contribution >= 4 is 5.78 Å². The maximum Gasteiger partial charge on any atom is 0.165 e. The first-order valence-corrected chi connectivity index (χ1v) is 4.81. The predicted octanol–water partition coefficient (Wildman–Crippen LogP) is 1.48. The smallest absolute Gasteiger partial charge is 0.165 e. The van der Waals surface area contributed by atoms with Gasteiger partial charge < -0.3 is 4.74 Å². The van der Waals surface area contributed by atoms with E-state index in [4.69, 9.17) is 4.74 Å². The van der Waals surface area contributed by atoms with Crippen LogP contribution in [-0.2, 0) is 16.6 Å². The fourth-order valence-electron chi connectivity index (χ4n) is 1.30. The second kappa shape index (κ2) is 4.91. The molecule has 1 aromatic heterocycles. The number of aryl methyl sites for hydroxylation is 1. The normalized spacial score (nSPS) is 12.8. The van der Waals surface area contributed by atoms with E-state index < -0.39 is 6.10 Å². The molecule has 4 nitrogen and oxygen atoms in total. The number of carbonyl (C=O) groups excluding carboxylic acids is 1. The molecule has 78 valence electrons. The monoisotopic (exact) mass is 196 g/mol. The second-order valence-corrected chi connectivity index (χ2v) is 3.10. The first kappa shape index (κ1) is 10.9. The Morgan fingerprint density at radius 1 is 1.64 bits per heavy atom. The molecule has 0 aliphatic carbocycles. The van der Waals surface area contributed by atoms with Crippen LogP contribution in [0.2, 0.25) is 0 Å². The number of ether oxygens (including phenoxy) is 1. The zero-order chi connectivity index (χ0) is 10.6. The van der Waals surface area contributed by atoms with Crippen molar-refractivity contribution in [1.82, 2.24) is 9.78 Å². The van der Waals surface area contributed by atoms with Crippen LogP contribution in [0, 0.1) is 0 Å². The quantitative estimate of drug-likeness (QED) is 0.716. The summed E-state index contributed by atoms with van der Waals surface area (Å²) in [6.07, 6.45) is 3.53. The Hall–Kier alpha value is -1.16. The minimum atomic E-state index is -0.446. The molecule has 0 aromatic carbocycles. The molecule has 4 heteroatoms. The third kappa shape index (κ3) is 2.42. The standard InChI is InChI=1S/C10H16N2O2/c1-4-9(13)10(14-5-2)8-6-11-12(3)7-8/h6-7,10H,4-5H2,1-3H3. The third-order valence-electron chi connectivity index (χ3n) is 2.00. The fraction of sp³-hybridized carbons (Fsp3) is 0.600. The van der Waals surface area contributed by atoms with E-state index in [0.717, 1.165) is 5.56 Å². The average molecular weight is 196 g/mol. The molecule has 0 saturated heterocycles. The molecule has 0 bridgehead atoms. The highest BCUT2D eigenvalue weighted by Crippen LogP contribution is 2.18. The highest BCUT2D eigenvalue weighted by atomic mass is 16.5. The largest absolute Gasteiger partial charge is 0.366 e. The van der Waals surface area contributed by atoms with Crippen molar-refractivity contribution in [2.24, 2.45) is 7.05 Å². The Kier molecular flexibility index (Phi) is 3.83. The van der Waals surface area contributed by atoms with Crippen LogP contribution in [0.15, 0.2) is 12.4 Å². The lowest BCUT2D eigenvalue weighted by molar-refractivity contribution is -0.130. The lowest BCUT2D eigenvalue weighted by Crippen LogP contribution is -2.14. The van der Waals surface area contributed by atoms with Crippen molar-refractivity contribution in [3.05, 3.63) is 18.0 Å². The van der Waals surface area contributed by atoms with Crippen LogP contribution in [0.5, 0.6) is 0 Å². The Bertz CT molecular complexity index is 307. The third-order valence-corrected chi connectivity index (χ3v) is 2.00. The number of aromatic nitrogens is 2. The summed E-state index contributed by atoms with van der Waals surface area (Å²) in [4.78, 5) is 11.5. The van der Waals surface area contributed by atoms with Crippen LogP contribution in [0.1, 0.15) is 31.9 Å². The van der Waals surface area contributed by atoms with Gasteiger partial charge in [0, 0.05) is 31.8 Å². The molecule has 1 atom stereocenters. The molecular formula is C10H16N2O2. The van der Waals surface area contributed by atoms with Gasteiger partial charge in [-0.3, -0.25) is 9.48 Å². The summed E-state index contributed by atoms with van der Waals surface area (Å²) < 4.78 is 7.06. The lowest BCUT2D eigenvalue weighted by atomic mass is 10.1. The van der Waals surface area contributed by atoms with Gasteiger partial charge >= 0.3 is 0 Å². The zero-order valence-electron chi connectivity index (χ0n) is 8.86. The van der Waals surface area contributed by atoms with Gasteiger partial charge in [0.2, 0.25) is 0 Å². The first-order valence-electron chi connectivity index (χ1n) is 4.81. The number of nitrogens with zero attached hydrogens (tertiary/aromatic N) is 2. The number of ketones is 1. The van der Waals surface area contributed by atoms with Crippen LogP contribution in [-0.4, -0.2) is 22.2 Å². The van der Waals surface area contributed by atoms with Gasteiger partial charge in [-0.15, -0.1) is 0 Å². The predicted molar refractivity (Wildman–Crippen MR) is 52.9 cm³/mol. The second-order valence-electron chi connectivity index (χ2n) is 3.10. The highest BCUT2D eigenvalue weighted by Gasteiger charge is 2.20. The van der Waals surface area contributed by atoms with Crippen LogP contribution >= 0.6 is 0 Å². The maximum atomic E-state index is 11.5. The van der Waals surface area contributed by atoms with Gasteiger partial charge in [0.25, 0.3) is 0 Å². The molecule has 0 fully saturated rings. The zero-order valence-corrected chi connectivity index (χ0v) is 8.86. The van der Waals surface area contributed by atoms with Gasteiger partial charge in [0.05, 0.1) is 6.20 Å². The Morgan fingerprint density at radius 3 is 2.79 bits per heavy atom. The van der Waals surface area contributed by atoms with Crippen molar-refractivity contribution < 1.29 is 9.53 Å². The number of hydrogen-bond acceptors (Lipinski definition) is 3. The van der Waals surface area contributed by atoms with Gasteiger partial charge in [-0.2, -0.15) is 5.10 Å². The molecule has 14 heavy (non-hydrogen) atoms. The number of Topliss-reactive ketones (excluding diaryl/α,β-unsaturated/α-hetero) is 1. The van der Waals surface area contributed by atoms with Crippen molar-refractivity contribution in [2.75, 3.05) is 6.61 Å². The molecule has 1 rings (SSSR count). The number of hydrogen-bond donors (Lipinski definition) is 0. The SMILES string of the molecule is CCOC(C(=O)CC)c1cnn(C)c1. The summed E-state index contributed by atoms with van der Waals surface area (Å²) in [5, 5.41) is 4.02. The van der Waals surface area contributed by atoms with E-state index in [9.17, 15) is 4.79 Å². The Morgan fingerprint density at radius 2 is 2.36 bits per heavy atom. The molecule has 0 spiro atoms. The van der Waals surface area contributed by atoms with E-state index in [1.165, 1.54) is 0 Å². The van der Waals surface area contributed by atoms with E-state index in [1.807, 2.05) is 27.1 Å². The summed E-state index contributed by atoms with van der Waals surface area (Å²) in [7, 11) is 1.82.